The Morgan fingerprint density at radius 1 is 1.05 bits per heavy atom. The zero-order chi connectivity index (χ0) is 15.6. The van der Waals surface area contributed by atoms with Crippen molar-refractivity contribution in [1.82, 2.24) is 0 Å². The molecule has 0 aliphatic carbocycles. The second-order valence-electron chi connectivity index (χ2n) is 5.66. The standard InChI is InChI=1S/C18H22BrNO/c1-11-4-7-15(17(19)8-11)18(21)16(10-20)14-6-5-12(2)13(3)9-14/h4-9,16,18,21H,10,20H2,1-3H3. The van der Waals surface area contributed by atoms with Gasteiger partial charge in [-0.2, -0.15) is 0 Å². The minimum atomic E-state index is -0.618. The number of aliphatic hydroxyl groups is 1. The minimum Gasteiger partial charge on any atom is -0.388 e. The predicted octanol–water partition coefficient (Wildman–Crippen LogP) is 4.15. The smallest absolute Gasteiger partial charge is 0.0881 e. The molecule has 0 aliphatic heterocycles. The number of hydrogen-bond acceptors (Lipinski definition) is 2. The van der Waals surface area contributed by atoms with E-state index in [2.05, 4.69) is 48.0 Å². The molecular weight excluding hydrogens is 326 g/mol. The normalized spacial score (nSPS) is 14.0. The number of nitrogens with two attached hydrogens (primary N) is 1. The molecule has 0 radical (unpaired) electrons. The minimum absolute atomic E-state index is 0.108. The first-order valence-corrected chi connectivity index (χ1v) is 7.94. The molecule has 2 nitrogen and oxygen atoms in total. The van der Waals surface area contributed by atoms with Crippen LogP contribution in [0.3, 0.4) is 0 Å². The van der Waals surface area contributed by atoms with Crippen molar-refractivity contribution in [3.05, 3.63) is 68.7 Å². The maximum atomic E-state index is 10.8. The highest BCUT2D eigenvalue weighted by Gasteiger charge is 2.23. The third-order valence-corrected chi connectivity index (χ3v) is 4.76. The van der Waals surface area contributed by atoms with Crippen molar-refractivity contribution in [3.8, 4) is 0 Å². The average molecular weight is 348 g/mol. The van der Waals surface area contributed by atoms with E-state index in [0.29, 0.717) is 6.54 Å². The molecule has 0 saturated heterocycles. The number of aryl methyl sites for hydroxylation is 3. The van der Waals surface area contributed by atoms with E-state index in [4.69, 9.17) is 5.73 Å². The summed E-state index contributed by atoms with van der Waals surface area (Å²) < 4.78 is 0.928. The highest BCUT2D eigenvalue weighted by Crippen LogP contribution is 2.35. The molecule has 0 fully saturated rings. The maximum Gasteiger partial charge on any atom is 0.0881 e. The molecule has 0 aliphatic rings. The van der Waals surface area contributed by atoms with E-state index < -0.39 is 6.10 Å². The molecule has 0 bridgehead atoms. The van der Waals surface area contributed by atoms with Gasteiger partial charge in [0.2, 0.25) is 0 Å². The largest absolute Gasteiger partial charge is 0.388 e. The van der Waals surface area contributed by atoms with Crippen molar-refractivity contribution in [2.24, 2.45) is 5.73 Å². The van der Waals surface area contributed by atoms with Gasteiger partial charge < -0.3 is 10.8 Å². The van der Waals surface area contributed by atoms with Crippen molar-refractivity contribution >= 4 is 15.9 Å². The van der Waals surface area contributed by atoms with Gasteiger partial charge in [0.15, 0.2) is 0 Å². The second kappa shape index (κ2) is 6.73. The van der Waals surface area contributed by atoms with Gasteiger partial charge in [-0.1, -0.05) is 46.3 Å². The van der Waals surface area contributed by atoms with Gasteiger partial charge in [-0.15, -0.1) is 0 Å². The Morgan fingerprint density at radius 2 is 1.76 bits per heavy atom. The van der Waals surface area contributed by atoms with Crippen LogP contribution in [0.1, 0.15) is 39.8 Å². The van der Waals surface area contributed by atoms with E-state index in [9.17, 15) is 5.11 Å². The van der Waals surface area contributed by atoms with E-state index in [0.717, 1.165) is 21.2 Å². The van der Waals surface area contributed by atoms with E-state index >= 15 is 0 Å². The topological polar surface area (TPSA) is 46.2 Å². The Labute approximate surface area is 135 Å². The summed E-state index contributed by atoms with van der Waals surface area (Å²) in [7, 11) is 0. The highest BCUT2D eigenvalue weighted by molar-refractivity contribution is 9.10. The molecule has 0 aromatic heterocycles. The fraction of sp³-hybridized carbons (Fsp3) is 0.333. The Kier molecular flexibility index (Phi) is 5.20. The Bertz CT molecular complexity index is 639. The fourth-order valence-corrected chi connectivity index (χ4v) is 3.26. The summed E-state index contributed by atoms with van der Waals surface area (Å²) >= 11 is 3.54. The van der Waals surface area contributed by atoms with Crippen LogP contribution in [0.2, 0.25) is 0 Å². The maximum absolute atomic E-state index is 10.8. The van der Waals surface area contributed by atoms with Gasteiger partial charge in [-0.05, 0) is 54.7 Å². The third kappa shape index (κ3) is 3.54. The zero-order valence-corrected chi connectivity index (χ0v) is 14.3. The quantitative estimate of drug-likeness (QED) is 0.872. The lowest BCUT2D eigenvalue weighted by molar-refractivity contribution is 0.146. The molecule has 0 amide bonds. The summed E-state index contributed by atoms with van der Waals surface area (Å²) in [6, 6.07) is 12.3. The summed E-state index contributed by atoms with van der Waals surface area (Å²) in [5.74, 6) is -0.108. The first kappa shape index (κ1) is 16.2. The summed E-state index contributed by atoms with van der Waals surface area (Å²) in [5, 5.41) is 10.8. The number of rotatable bonds is 4. The molecular formula is C18H22BrNO. The van der Waals surface area contributed by atoms with Crippen LogP contribution in [-0.2, 0) is 0 Å². The van der Waals surface area contributed by atoms with Crippen LogP contribution < -0.4 is 5.73 Å². The molecule has 2 aromatic rings. The van der Waals surface area contributed by atoms with Crippen LogP contribution >= 0.6 is 15.9 Å². The molecule has 0 spiro atoms. The van der Waals surface area contributed by atoms with E-state index in [1.165, 1.54) is 11.1 Å². The Balaban J connectivity index is 2.37. The van der Waals surface area contributed by atoms with Crippen molar-refractivity contribution in [2.45, 2.75) is 32.8 Å². The van der Waals surface area contributed by atoms with Gasteiger partial charge in [0.1, 0.15) is 0 Å². The lowest BCUT2D eigenvalue weighted by Gasteiger charge is -2.24. The summed E-state index contributed by atoms with van der Waals surface area (Å²) in [5.41, 5.74) is 11.5. The first-order chi connectivity index (χ1) is 9.93. The first-order valence-electron chi connectivity index (χ1n) is 7.15. The van der Waals surface area contributed by atoms with Crippen LogP contribution in [0.5, 0.6) is 0 Å². The van der Waals surface area contributed by atoms with Gasteiger partial charge in [0.25, 0.3) is 0 Å². The molecule has 2 aromatic carbocycles. The monoisotopic (exact) mass is 347 g/mol. The number of halogens is 1. The third-order valence-electron chi connectivity index (χ3n) is 4.07. The SMILES string of the molecule is Cc1ccc(C(O)C(CN)c2ccc(C)c(C)c2)c(Br)c1. The molecule has 2 atom stereocenters. The molecule has 21 heavy (non-hydrogen) atoms. The van der Waals surface area contributed by atoms with Crippen LogP contribution in [0.15, 0.2) is 40.9 Å². The second-order valence-corrected chi connectivity index (χ2v) is 6.51. The van der Waals surface area contributed by atoms with Crippen LogP contribution in [0.4, 0.5) is 0 Å². The Hall–Kier alpha value is -1.16. The van der Waals surface area contributed by atoms with Crippen molar-refractivity contribution in [1.29, 1.82) is 0 Å². The van der Waals surface area contributed by atoms with Gasteiger partial charge in [0, 0.05) is 16.9 Å². The lowest BCUT2D eigenvalue weighted by Crippen LogP contribution is -2.20. The number of aliphatic hydroxyl groups excluding tert-OH is 1. The number of hydrogen-bond donors (Lipinski definition) is 2. The molecule has 2 unspecified atom stereocenters. The van der Waals surface area contributed by atoms with Gasteiger partial charge >= 0.3 is 0 Å². The van der Waals surface area contributed by atoms with Crippen molar-refractivity contribution in [2.75, 3.05) is 6.54 Å². The highest BCUT2D eigenvalue weighted by atomic mass is 79.9. The summed E-state index contributed by atoms with van der Waals surface area (Å²) in [6.45, 7) is 6.61. The average Bonchev–Trinajstić information content (AvgIpc) is 2.43. The van der Waals surface area contributed by atoms with Gasteiger partial charge in [-0.3, -0.25) is 0 Å². The Morgan fingerprint density at radius 3 is 2.33 bits per heavy atom. The summed E-state index contributed by atoms with van der Waals surface area (Å²) in [6.07, 6.45) is -0.618. The summed E-state index contributed by atoms with van der Waals surface area (Å²) in [4.78, 5) is 0. The molecule has 3 heteroatoms. The van der Waals surface area contributed by atoms with Crippen molar-refractivity contribution in [3.63, 3.8) is 0 Å². The van der Waals surface area contributed by atoms with E-state index in [-0.39, 0.29) is 5.92 Å². The van der Waals surface area contributed by atoms with Crippen LogP contribution in [0, 0.1) is 20.8 Å². The van der Waals surface area contributed by atoms with Crippen LogP contribution in [-0.4, -0.2) is 11.7 Å². The molecule has 3 N–H and O–H groups in total. The van der Waals surface area contributed by atoms with E-state index in [1.807, 2.05) is 25.1 Å². The predicted molar refractivity (Wildman–Crippen MR) is 91.6 cm³/mol. The molecule has 0 heterocycles. The van der Waals surface area contributed by atoms with E-state index in [1.54, 1.807) is 0 Å². The van der Waals surface area contributed by atoms with Gasteiger partial charge in [0.05, 0.1) is 6.10 Å². The lowest BCUT2D eigenvalue weighted by atomic mass is 9.87. The molecule has 2 rings (SSSR count). The van der Waals surface area contributed by atoms with Gasteiger partial charge in [-0.25, -0.2) is 0 Å². The molecule has 0 saturated carbocycles. The zero-order valence-electron chi connectivity index (χ0n) is 12.7. The van der Waals surface area contributed by atoms with Crippen LogP contribution in [0.25, 0.3) is 0 Å². The number of benzene rings is 2. The van der Waals surface area contributed by atoms with Crippen molar-refractivity contribution < 1.29 is 5.11 Å². The molecule has 112 valence electrons. The fourth-order valence-electron chi connectivity index (χ4n) is 2.53.